The lowest BCUT2D eigenvalue weighted by molar-refractivity contribution is 0.0968. The van der Waals surface area contributed by atoms with E-state index in [1.165, 1.54) is 0 Å². The Kier molecular flexibility index (Phi) is 4.80. The number of carbonyl (C=O) groups is 1. The Bertz CT molecular complexity index is 507. The predicted octanol–water partition coefficient (Wildman–Crippen LogP) is 2.04. The Morgan fingerprint density at radius 1 is 1.24 bits per heavy atom. The summed E-state index contributed by atoms with van der Waals surface area (Å²) in [6, 6.07) is 12.1. The normalized spacial score (nSPS) is 8.65. The average molecular weight is 243 g/mol. The molecule has 0 aromatic heterocycles. The molecule has 0 spiro atoms. The zero-order chi connectivity index (χ0) is 12.7. The van der Waals surface area contributed by atoms with E-state index < -0.39 is 0 Å². The van der Waals surface area contributed by atoms with Crippen LogP contribution in [0.1, 0.15) is 10.4 Å². The summed E-state index contributed by atoms with van der Waals surface area (Å²) >= 11 is 1.15. The number of hydrogen-bond donors (Lipinski definition) is 1. The average Bonchev–Trinajstić information content (AvgIpc) is 2.39. The first-order valence-corrected chi connectivity index (χ1v) is 5.90. The molecule has 0 aliphatic rings. The molecule has 0 aliphatic heterocycles. The number of rotatable bonds is 3. The molecule has 4 nitrogen and oxygen atoms in total. The zero-order valence-electron chi connectivity index (χ0n) is 9.10. The Morgan fingerprint density at radius 3 is 2.29 bits per heavy atom. The van der Waals surface area contributed by atoms with Gasteiger partial charge in [-0.25, -0.2) is 0 Å². The van der Waals surface area contributed by atoms with Crippen molar-refractivity contribution in [2.45, 2.75) is 0 Å². The molecule has 84 valence electrons. The highest BCUT2D eigenvalue weighted by atomic mass is 32.2. The van der Waals surface area contributed by atoms with Crippen LogP contribution in [0.5, 0.6) is 0 Å². The van der Waals surface area contributed by atoms with Gasteiger partial charge in [0.1, 0.15) is 17.2 Å². The van der Waals surface area contributed by atoms with Crippen LogP contribution in [0.2, 0.25) is 0 Å². The second kappa shape index (κ2) is 6.37. The minimum atomic E-state index is -0.335. The van der Waals surface area contributed by atoms with E-state index in [2.05, 4.69) is 5.32 Å². The van der Waals surface area contributed by atoms with Crippen LogP contribution < -0.4 is 5.32 Å². The van der Waals surface area contributed by atoms with Gasteiger partial charge in [-0.05, 0) is 18.4 Å². The van der Waals surface area contributed by atoms with Crippen molar-refractivity contribution in [3.63, 3.8) is 0 Å². The monoisotopic (exact) mass is 243 g/mol. The first-order valence-electron chi connectivity index (χ1n) is 4.67. The van der Waals surface area contributed by atoms with Crippen molar-refractivity contribution in [3.8, 4) is 12.1 Å². The number of nitriles is 2. The second-order valence-corrected chi connectivity index (χ2v) is 3.77. The largest absolute Gasteiger partial charge is 0.315 e. The van der Waals surface area contributed by atoms with Crippen molar-refractivity contribution in [1.29, 1.82) is 10.5 Å². The molecule has 0 radical (unpaired) electrons. The molecule has 0 bridgehead atoms. The number of amides is 1. The first-order chi connectivity index (χ1) is 8.22. The van der Waals surface area contributed by atoms with Crippen LogP contribution in [0, 0.1) is 22.7 Å². The van der Waals surface area contributed by atoms with E-state index in [-0.39, 0.29) is 16.5 Å². The molecule has 1 aromatic rings. The summed E-state index contributed by atoms with van der Waals surface area (Å²) < 4.78 is 0. The maximum absolute atomic E-state index is 11.8. The van der Waals surface area contributed by atoms with E-state index in [1.807, 2.05) is 0 Å². The third kappa shape index (κ3) is 3.37. The topological polar surface area (TPSA) is 76.7 Å². The van der Waals surface area contributed by atoms with Crippen molar-refractivity contribution in [1.82, 2.24) is 5.32 Å². The van der Waals surface area contributed by atoms with Gasteiger partial charge in [0, 0.05) is 5.56 Å². The van der Waals surface area contributed by atoms with Gasteiger partial charge >= 0.3 is 0 Å². The smallest absolute Gasteiger partial charge is 0.256 e. The predicted molar refractivity (Wildman–Crippen MR) is 65.7 cm³/mol. The molecule has 0 saturated carbocycles. The fourth-order valence-corrected chi connectivity index (χ4v) is 1.60. The fraction of sp³-hybridized carbons (Fsp3) is 0.0833. The van der Waals surface area contributed by atoms with Crippen LogP contribution in [0.15, 0.2) is 40.9 Å². The molecule has 0 aliphatic carbocycles. The van der Waals surface area contributed by atoms with Crippen molar-refractivity contribution < 1.29 is 4.79 Å². The maximum atomic E-state index is 11.8. The lowest BCUT2D eigenvalue weighted by Crippen LogP contribution is -2.22. The standard InChI is InChI=1S/C12H9N3OS/c1-17-12(10(7-13)8-14)15-11(16)9-5-3-2-4-6-9/h2-6H,1H3,(H,15,16). The van der Waals surface area contributed by atoms with Gasteiger partial charge < -0.3 is 5.32 Å². The van der Waals surface area contributed by atoms with E-state index in [1.54, 1.807) is 48.7 Å². The van der Waals surface area contributed by atoms with Crippen LogP contribution >= 0.6 is 11.8 Å². The number of hydrogen-bond acceptors (Lipinski definition) is 4. The number of nitrogens with zero attached hydrogens (tertiary/aromatic N) is 2. The Labute approximate surface area is 104 Å². The van der Waals surface area contributed by atoms with Crippen LogP contribution in [-0.4, -0.2) is 12.2 Å². The lowest BCUT2D eigenvalue weighted by atomic mass is 10.2. The van der Waals surface area contributed by atoms with Crippen LogP contribution in [0.25, 0.3) is 0 Å². The van der Waals surface area contributed by atoms with E-state index in [4.69, 9.17) is 10.5 Å². The van der Waals surface area contributed by atoms with Crippen molar-refractivity contribution >= 4 is 17.7 Å². The van der Waals surface area contributed by atoms with Gasteiger partial charge in [0.15, 0.2) is 5.57 Å². The summed E-state index contributed by atoms with van der Waals surface area (Å²) in [4.78, 5) is 11.8. The van der Waals surface area contributed by atoms with E-state index >= 15 is 0 Å². The summed E-state index contributed by atoms with van der Waals surface area (Å²) in [5, 5.41) is 20.2. The maximum Gasteiger partial charge on any atom is 0.256 e. The van der Waals surface area contributed by atoms with Gasteiger partial charge in [0.25, 0.3) is 5.91 Å². The second-order valence-electron chi connectivity index (χ2n) is 2.95. The lowest BCUT2D eigenvalue weighted by Gasteiger charge is -2.06. The van der Waals surface area contributed by atoms with Crippen molar-refractivity contribution in [2.24, 2.45) is 0 Å². The highest BCUT2D eigenvalue weighted by molar-refractivity contribution is 8.02. The number of carbonyl (C=O) groups excluding carboxylic acids is 1. The molecule has 17 heavy (non-hydrogen) atoms. The summed E-state index contributed by atoms with van der Waals surface area (Å²) in [7, 11) is 0. The molecule has 0 fully saturated rings. The molecule has 0 atom stereocenters. The molecule has 1 rings (SSSR count). The highest BCUT2D eigenvalue weighted by Crippen LogP contribution is 2.13. The number of allylic oxidation sites excluding steroid dienone is 1. The summed E-state index contributed by atoms with van der Waals surface area (Å²) in [6.07, 6.45) is 1.69. The van der Waals surface area contributed by atoms with Crippen LogP contribution in [-0.2, 0) is 0 Å². The first kappa shape index (κ1) is 12.8. The molecule has 0 saturated heterocycles. The van der Waals surface area contributed by atoms with Gasteiger partial charge in [-0.3, -0.25) is 4.79 Å². The molecule has 1 amide bonds. The summed E-state index contributed by atoms with van der Waals surface area (Å²) in [5.41, 5.74) is 0.385. The summed E-state index contributed by atoms with van der Waals surface area (Å²) in [5.74, 6) is -0.335. The number of nitrogens with one attached hydrogen (secondary N) is 1. The van der Waals surface area contributed by atoms with Crippen molar-refractivity contribution in [2.75, 3.05) is 6.26 Å². The van der Waals surface area contributed by atoms with E-state index in [9.17, 15) is 4.79 Å². The Balaban J connectivity index is 2.93. The SMILES string of the molecule is CSC(NC(=O)c1ccccc1)=C(C#N)C#N. The molecule has 0 heterocycles. The van der Waals surface area contributed by atoms with Crippen LogP contribution in [0.3, 0.4) is 0 Å². The quantitative estimate of drug-likeness (QED) is 0.824. The van der Waals surface area contributed by atoms with Gasteiger partial charge in [0.2, 0.25) is 0 Å². The molecule has 5 heteroatoms. The molecule has 1 aromatic carbocycles. The minimum absolute atomic E-state index is 0.0956. The minimum Gasteiger partial charge on any atom is -0.315 e. The fourth-order valence-electron chi connectivity index (χ4n) is 1.11. The van der Waals surface area contributed by atoms with E-state index in [0.29, 0.717) is 5.56 Å². The van der Waals surface area contributed by atoms with Gasteiger partial charge in [-0.2, -0.15) is 10.5 Å². The molecule has 1 N–H and O–H groups in total. The highest BCUT2D eigenvalue weighted by Gasteiger charge is 2.10. The third-order valence-electron chi connectivity index (χ3n) is 1.92. The van der Waals surface area contributed by atoms with Gasteiger partial charge in [-0.15, -0.1) is 11.8 Å². The number of benzene rings is 1. The van der Waals surface area contributed by atoms with E-state index in [0.717, 1.165) is 11.8 Å². The summed E-state index contributed by atoms with van der Waals surface area (Å²) in [6.45, 7) is 0. The Morgan fingerprint density at radius 2 is 1.82 bits per heavy atom. The van der Waals surface area contributed by atoms with Gasteiger partial charge in [-0.1, -0.05) is 18.2 Å². The van der Waals surface area contributed by atoms with Crippen molar-refractivity contribution in [3.05, 3.63) is 46.5 Å². The number of thioether (sulfide) groups is 1. The Hall–Kier alpha value is -2.24. The zero-order valence-corrected chi connectivity index (χ0v) is 9.91. The van der Waals surface area contributed by atoms with Gasteiger partial charge in [0.05, 0.1) is 0 Å². The molecular formula is C12H9N3OS. The third-order valence-corrected chi connectivity index (χ3v) is 2.63. The van der Waals surface area contributed by atoms with Crippen LogP contribution in [0.4, 0.5) is 0 Å². The molecular weight excluding hydrogens is 234 g/mol. The molecule has 0 unspecified atom stereocenters.